The van der Waals surface area contributed by atoms with Gasteiger partial charge in [0.1, 0.15) is 0 Å². The molecule has 1 amide bonds. The van der Waals surface area contributed by atoms with Crippen molar-refractivity contribution in [3.63, 3.8) is 0 Å². The Hall–Kier alpha value is -1.13. The van der Waals surface area contributed by atoms with E-state index in [1.807, 2.05) is 0 Å². The van der Waals surface area contributed by atoms with Crippen LogP contribution in [0.4, 0.5) is 0 Å². The van der Waals surface area contributed by atoms with Gasteiger partial charge in [0.25, 0.3) is 5.91 Å². The first kappa shape index (κ1) is 13.3. The van der Waals surface area contributed by atoms with E-state index in [-0.39, 0.29) is 17.9 Å². The molecule has 0 spiro atoms. The second-order valence-electron chi connectivity index (χ2n) is 4.90. The SMILES string of the molecule is O=C(NCC1(CO)CCCC1)c1ccncc1Cl. The normalized spacial score (nSPS) is 17.7. The average molecular weight is 269 g/mol. The summed E-state index contributed by atoms with van der Waals surface area (Å²) >= 11 is 5.91. The molecule has 0 radical (unpaired) electrons. The van der Waals surface area contributed by atoms with Gasteiger partial charge in [-0.2, -0.15) is 0 Å². The second-order valence-corrected chi connectivity index (χ2v) is 5.31. The zero-order valence-electron chi connectivity index (χ0n) is 10.2. The standard InChI is InChI=1S/C13H17ClN2O2/c14-11-7-15-6-3-10(11)12(18)16-8-13(9-17)4-1-2-5-13/h3,6-7,17H,1-2,4-5,8-9H2,(H,16,18). The number of carbonyl (C=O) groups excluding carboxylic acids is 1. The molecule has 1 aromatic rings. The maximum atomic E-state index is 12.0. The Morgan fingerprint density at radius 2 is 2.22 bits per heavy atom. The first-order valence-electron chi connectivity index (χ1n) is 6.15. The van der Waals surface area contributed by atoms with Crippen LogP contribution in [0.3, 0.4) is 0 Å². The van der Waals surface area contributed by atoms with Crippen molar-refractivity contribution in [3.05, 3.63) is 29.0 Å². The number of amides is 1. The molecule has 0 aliphatic heterocycles. The zero-order valence-corrected chi connectivity index (χ0v) is 10.9. The highest BCUT2D eigenvalue weighted by molar-refractivity contribution is 6.33. The Labute approximate surface area is 111 Å². The molecule has 18 heavy (non-hydrogen) atoms. The third-order valence-corrected chi connectivity index (χ3v) is 3.94. The molecular weight excluding hydrogens is 252 g/mol. The van der Waals surface area contributed by atoms with Gasteiger partial charge in [-0.1, -0.05) is 24.4 Å². The van der Waals surface area contributed by atoms with E-state index in [1.54, 1.807) is 6.07 Å². The molecule has 1 saturated carbocycles. The van der Waals surface area contributed by atoms with Gasteiger partial charge in [-0.3, -0.25) is 9.78 Å². The Morgan fingerprint density at radius 3 is 2.83 bits per heavy atom. The topological polar surface area (TPSA) is 62.2 Å². The molecule has 0 bridgehead atoms. The predicted molar refractivity (Wildman–Crippen MR) is 69.6 cm³/mol. The van der Waals surface area contributed by atoms with E-state index in [4.69, 9.17) is 11.6 Å². The molecule has 1 fully saturated rings. The molecule has 2 rings (SSSR count). The van der Waals surface area contributed by atoms with Crippen LogP contribution in [-0.4, -0.2) is 29.1 Å². The summed E-state index contributed by atoms with van der Waals surface area (Å²) in [6, 6.07) is 1.60. The van der Waals surface area contributed by atoms with Gasteiger partial charge in [0, 0.05) is 24.4 Å². The summed E-state index contributed by atoms with van der Waals surface area (Å²) in [5, 5.41) is 12.7. The molecule has 0 saturated heterocycles. The summed E-state index contributed by atoms with van der Waals surface area (Å²) in [4.78, 5) is 15.8. The summed E-state index contributed by atoms with van der Waals surface area (Å²) in [5.74, 6) is -0.206. The van der Waals surface area contributed by atoms with Crippen LogP contribution >= 0.6 is 11.6 Å². The van der Waals surface area contributed by atoms with E-state index in [2.05, 4.69) is 10.3 Å². The van der Waals surface area contributed by atoms with E-state index in [0.29, 0.717) is 17.1 Å². The number of hydrogen-bond donors (Lipinski definition) is 2. The van der Waals surface area contributed by atoms with Crippen LogP contribution in [0.25, 0.3) is 0 Å². The van der Waals surface area contributed by atoms with Gasteiger partial charge in [-0.15, -0.1) is 0 Å². The molecule has 1 heterocycles. The lowest BCUT2D eigenvalue weighted by atomic mass is 9.87. The molecule has 0 unspecified atom stereocenters. The van der Waals surface area contributed by atoms with Crippen LogP contribution in [0, 0.1) is 5.41 Å². The first-order chi connectivity index (χ1) is 8.67. The molecule has 1 aliphatic rings. The summed E-state index contributed by atoms with van der Waals surface area (Å²) < 4.78 is 0. The van der Waals surface area contributed by atoms with E-state index in [1.165, 1.54) is 12.4 Å². The van der Waals surface area contributed by atoms with Crippen LogP contribution in [0.1, 0.15) is 36.0 Å². The highest BCUT2D eigenvalue weighted by atomic mass is 35.5. The molecule has 0 atom stereocenters. The number of carbonyl (C=O) groups is 1. The zero-order chi connectivity index (χ0) is 13.0. The van der Waals surface area contributed by atoms with Crippen molar-refractivity contribution in [2.75, 3.05) is 13.2 Å². The van der Waals surface area contributed by atoms with Crippen molar-refractivity contribution < 1.29 is 9.90 Å². The maximum Gasteiger partial charge on any atom is 0.252 e. The van der Waals surface area contributed by atoms with Gasteiger partial charge in [0.05, 0.1) is 17.2 Å². The minimum absolute atomic E-state index is 0.122. The minimum atomic E-state index is -0.206. The smallest absolute Gasteiger partial charge is 0.252 e. The number of aromatic nitrogens is 1. The Morgan fingerprint density at radius 1 is 1.50 bits per heavy atom. The number of aliphatic hydroxyl groups excluding tert-OH is 1. The largest absolute Gasteiger partial charge is 0.396 e. The van der Waals surface area contributed by atoms with E-state index < -0.39 is 0 Å². The van der Waals surface area contributed by atoms with Crippen LogP contribution in [0.15, 0.2) is 18.5 Å². The van der Waals surface area contributed by atoms with Crippen molar-refractivity contribution in [1.82, 2.24) is 10.3 Å². The molecule has 4 nitrogen and oxygen atoms in total. The lowest BCUT2D eigenvalue weighted by molar-refractivity contribution is 0.0880. The Kier molecular flexibility index (Phi) is 4.19. The van der Waals surface area contributed by atoms with Crippen LogP contribution in [-0.2, 0) is 0 Å². The summed E-state index contributed by atoms with van der Waals surface area (Å²) in [6.45, 7) is 0.623. The van der Waals surface area contributed by atoms with Crippen LogP contribution in [0.5, 0.6) is 0 Å². The molecule has 5 heteroatoms. The summed E-state index contributed by atoms with van der Waals surface area (Å²) in [7, 11) is 0. The van der Waals surface area contributed by atoms with Crippen molar-refractivity contribution in [2.45, 2.75) is 25.7 Å². The molecule has 1 aromatic heterocycles. The Bertz CT molecular complexity index is 431. The van der Waals surface area contributed by atoms with E-state index in [9.17, 15) is 9.90 Å². The highest BCUT2D eigenvalue weighted by Gasteiger charge is 2.33. The van der Waals surface area contributed by atoms with Crippen molar-refractivity contribution in [3.8, 4) is 0 Å². The Balaban J connectivity index is 1.98. The quantitative estimate of drug-likeness (QED) is 0.878. The third-order valence-electron chi connectivity index (χ3n) is 3.64. The molecule has 98 valence electrons. The average Bonchev–Trinajstić information content (AvgIpc) is 2.86. The van der Waals surface area contributed by atoms with E-state index >= 15 is 0 Å². The molecule has 1 aliphatic carbocycles. The van der Waals surface area contributed by atoms with Crippen LogP contribution < -0.4 is 5.32 Å². The van der Waals surface area contributed by atoms with Gasteiger partial charge in [-0.25, -0.2) is 0 Å². The lowest BCUT2D eigenvalue weighted by Crippen LogP contribution is -2.38. The number of rotatable bonds is 4. The lowest BCUT2D eigenvalue weighted by Gasteiger charge is -2.26. The van der Waals surface area contributed by atoms with Crippen molar-refractivity contribution in [1.29, 1.82) is 0 Å². The van der Waals surface area contributed by atoms with Crippen LogP contribution in [0.2, 0.25) is 5.02 Å². The van der Waals surface area contributed by atoms with Gasteiger partial charge in [0.2, 0.25) is 0 Å². The monoisotopic (exact) mass is 268 g/mol. The predicted octanol–water partition coefficient (Wildman–Crippen LogP) is 2.02. The number of halogens is 1. The number of nitrogens with zero attached hydrogens (tertiary/aromatic N) is 1. The van der Waals surface area contributed by atoms with Gasteiger partial charge < -0.3 is 10.4 Å². The maximum absolute atomic E-state index is 12.0. The minimum Gasteiger partial charge on any atom is -0.396 e. The first-order valence-corrected chi connectivity index (χ1v) is 6.53. The van der Waals surface area contributed by atoms with Crippen molar-refractivity contribution in [2.24, 2.45) is 5.41 Å². The summed E-state index contributed by atoms with van der Waals surface area (Å²) in [6.07, 6.45) is 7.16. The van der Waals surface area contributed by atoms with Crippen molar-refractivity contribution >= 4 is 17.5 Å². The fraction of sp³-hybridized carbons (Fsp3) is 0.538. The van der Waals surface area contributed by atoms with Gasteiger partial charge >= 0.3 is 0 Å². The van der Waals surface area contributed by atoms with Gasteiger partial charge in [0.15, 0.2) is 0 Å². The molecule has 2 N–H and O–H groups in total. The highest BCUT2D eigenvalue weighted by Crippen LogP contribution is 2.36. The third kappa shape index (κ3) is 2.82. The fourth-order valence-electron chi connectivity index (χ4n) is 2.44. The molecule has 0 aromatic carbocycles. The van der Waals surface area contributed by atoms with Gasteiger partial charge in [-0.05, 0) is 18.9 Å². The second kappa shape index (κ2) is 5.67. The number of hydrogen-bond acceptors (Lipinski definition) is 3. The van der Waals surface area contributed by atoms with E-state index in [0.717, 1.165) is 25.7 Å². The number of nitrogens with one attached hydrogen (secondary N) is 1. The fourth-order valence-corrected chi connectivity index (χ4v) is 2.64. The molecular formula is C13H17ClN2O2. The number of pyridine rings is 1. The summed E-state index contributed by atoms with van der Waals surface area (Å²) in [5.41, 5.74) is 0.285. The number of aliphatic hydroxyl groups is 1.